The van der Waals surface area contributed by atoms with E-state index in [1.165, 1.54) is 0 Å². The highest BCUT2D eigenvalue weighted by Gasteiger charge is 2.14. The van der Waals surface area contributed by atoms with Gasteiger partial charge in [-0.05, 0) is 45.7 Å². The highest BCUT2D eigenvalue weighted by atomic mass is 79.9. The number of hydrogen-bond donors (Lipinski definition) is 1. The van der Waals surface area contributed by atoms with Crippen LogP contribution in [0.1, 0.15) is 11.3 Å². The predicted molar refractivity (Wildman–Crippen MR) is 74.2 cm³/mol. The Bertz CT molecular complexity index is 547. The van der Waals surface area contributed by atoms with Crippen molar-refractivity contribution in [3.8, 4) is 11.6 Å². The number of anilines is 1. The van der Waals surface area contributed by atoms with E-state index in [2.05, 4.69) is 47.1 Å². The molecule has 0 unspecified atom stereocenters. The molecule has 2 aromatic heterocycles. The van der Waals surface area contributed by atoms with Crippen LogP contribution in [0.3, 0.4) is 0 Å². The Morgan fingerprint density at radius 2 is 1.94 bits per heavy atom. The second-order valence-electron chi connectivity index (χ2n) is 3.59. The summed E-state index contributed by atoms with van der Waals surface area (Å²) in [4.78, 5) is 8.84. The third kappa shape index (κ3) is 2.37. The molecule has 0 saturated heterocycles. The zero-order chi connectivity index (χ0) is 12.6. The van der Waals surface area contributed by atoms with Crippen LogP contribution >= 0.6 is 31.9 Å². The van der Waals surface area contributed by atoms with Gasteiger partial charge in [-0.25, -0.2) is 9.97 Å². The van der Waals surface area contributed by atoms with Crippen LogP contribution in [0.25, 0.3) is 11.6 Å². The summed E-state index contributed by atoms with van der Waals surface area (Å²) < 4.78 is 7.00. The molecule has 0 spiro atoms. The van der Waals surface area contributed by atoms with Crippen LogP contribution in [0.15, 0.2) is 19.6 Å². The van der Waals surface area contributed by atoms with Gasteiger partial charge in [-0.15, -0.1) is 0 Å². The van der Waals surface area contributed by atoms with E-state index < -0.39 is 0 Å². The molecule has 2 rings (SSSR count). The minimum atomic E-state index is 0.573. The van der Waals surface area contributed by atoms with Gasteiger partial charge in [0.15, 0.2) is 16.3 Å². The molecule has 0 aromatic carbocycles. The van der Waals surface area contributed by atoms with Crippen LogP contribution < -0.4 is 5.32 Å². The molecule has 2 aromatic rings. The van der Waals surface area contributed by atoms with Crippen molar-refractivity contribution in [3.63, 3.8) is 0 Å². The molecular formula is C11H11Br2N3O. The van der Waals surface area contributed by atoms with Crippen molar-refractivity contribution in [1.82, 2.24) is 9.97 Å². The lowest BCUT2D eigenvalue weighted by molar-refractivity contribution is 0.549. The van der Waals surface area contributed by atoms with Gasteiger partial charge in [0.1, 0.15) is 5.82 Å². The van der Waals surface area contributed by atoms with Crippen molar-refractivity contribution in [2.75, 3.05) is 12.4 Å². The van der Waals surface area contributed by atoms with E-state index >= 15 is 0 Å². The summed E-state index contributed by atoms with van der Waals surface area (Å²) >= 11 is 6.67. The topological polar surface area (TPSA) is 51.0 Å². The van der Waals surface area contributed by atoms with Crippen molar-refractivity contribution >= 4 is 37.7 Å². The quantitative estimate of drug-likeness (QED) is 0.881. The van der Waals surface area contributed by atoms with Crippen LogP contribution in [-0.2, 0) is 0 Å². The highest BCUT2D eigenvalue weighted by molar-refractivity contribution is 9.13. The molecule has 90 valence electrons. The second-order valence-corrected chi connectivity index (χ2v) is 5.16. The van der Waals surface area contributed by atoms with Crippen LogP contribution in [0.2, 0.25) is 0 Å². The van der Waals surface area contributed by atoms with Gasteiger partial charge in [-0.3, -0.25) is 0 Å². The molecule has 0 radical (unpaired) electrons. The van der Waals surface area contributed by atoms with Gasteiger partial charge in [-0.2, -0.15) is 0 Å². The Balaban J connectivity index is 2.56. The van der Waals surface area contributed by atoms with Crippen molar-refractivity contribution in [2.45, 2.75) is 13.8 Å². The lowest BCUT2D eigenvalue weighted by Crippen LogP contribution is -2.02. The zero-order valence-corrected chi connectivity index (χ0v) is 12.8. The average molecular weight is 361 g/mol. The van der Waals surface area contributed by atoms with Crippen LogP contribution in [0.4, 0.5) is 5.82 Å². The first kappa shape index (κ1) is 12.6. The summed E-state index contributed by atoms with van der Waals surface area (Å²) in [7, 11) is 1.84. The molecular weight excluding hydrogens is 350 g/mol. The minimum Gasteiger partial charge on any atom is -0.445 e. The number of halogens is 2. The number of aromatic nitrogens is 2. The number of rotatable bonds is 2. The van der Waals surface area contributed by atoms with E-state index in [0.717, 1.165) is 21.5 Å². The summed E-state index contributed by atoms with van der Waals surface area (Å²) in [5.74, 6) is 2.02. The minimum absolute atomic E-state index is 0.573. The van der Waals surface area contributed by atoms with E-state index in [4.69, 9.17) is 4.42 Å². The van der Waals surface area contributed by atoms with Crippen molar-refractivity contribution in [3.05, 3.63) is 26.5 Å². The average Bonchev–Trinajstić information content (AvgIpc) is 2.63. The molecule has 2 heterocycles. The molecule has 1 N–H and O–H groups in total. The molecule has 6 heteroatoms. The molecule has 0 amide bonds. The standard InChI is InChI=1S/C11H11Br2N3O/c1-5-6(2)15-11(16-10(5)14-3)8-4-7(12)9(13)17-8/h4H,1-3H3,(H,14,15,16). The highest BCUT2D eigenvalue weighted by Crippen LogP contribution is 2.32. The summed E-state index contributed by atoms with van der Waals surface area (Å²) in [5.41, 5.74) is 1.98. The fourth-order valence-electron chi connectivity index (χ4n) is 1.44. The molecule has 0 fully saturated rings. The van der Waals surface area contributed by atoms with Gasteiger partial charge >= 0.3 is 0 Å². The maximum atomic E-state index is 5.51. The molecule has 0 bridgehead atoms. The fraction of sp³-hybridized carbons (Fsp3) is 0.273. The van der Waals surface area contributed by atoms with E-state index in [1.54, 1.807) is 0 Å². The van der Waals surface area contributed by atoms with E-state index in [9.17, 15) is 0 Å². The van der Waals surface area contributed by atoms with Gasteiger partial charge in [0.2, 0.25) is 0 Å². The summed E-state index contributed by atoms with van der Waals surface area (Å²) in [5, 5.41) is 3.05. The first-order valence-electron chi connectivity index (χ1n) is 5.01. The molecule has 0 aliphatic rings. The van der Waals surface area contributed by atoms with Gasteiger partial charge in [0.05, 0.1) is 4.47 Å². The van der Waals surface area contributed by atoms with Gasteiger partial charge < -0.3 is 9.73 Å². The predicted octanol–water partition coefficient (Wildman–Crippen LogP) is 3.92. The van der Waals surface area contributed by atoms with Crippen molar-refractivity contribution in [1.29, 1.82) is 0 Å². The number of nitrogens with zero attached hydrogens (tertiary/aromatic N) is 2. The molecule has 0 saturated carbocycles. The molecule has 0 atom stereocenters. The first-order valence-corrected chi connectivity index (χ1v) is 6.59. The van der Waals surface area contributed by atoms with Crippen LogP contribution in [-0.4, -0.2) is 17.0 Å². The van der Waals surface area contributed by atoms with Crippen molar-refractivity contribution in [2.24, 2.45) is 0 Å². The van der Waals surface area contributed by atoms with Gasteiger partial charge in [0, 0.05) is 24.4 Å². The number of furan rings is 1. The van der Waals surface area contributed by atoms with E-state index in [0.29, 0.717) is 16.3 Å². The van der Waals surface area contributed by atoms with E-state index in [-0.39, 0.29) is 0 Å². The number of aryl methyl sites for hydroxylation is 1. The van der Waals surface area contributed by atoms with Gasteiger partial charge in [-0.1, -0.05) is 0 Å². The lowest BCUT2D eigenvalue weighted by atomic mass is 10.2. The number of nitrogens with one attached hydrogen (secondary N) is 1. The third-order valence-electron chi connectivity index (χ3n) is 2.49. The zero-order valence-electron chi connectivity index (χ0n) is 9.64. The van der Waals surface area contributed by atoms with E-state index in [1.807, 2.05) is 27.0 Å². The normalized spacial score (nSPS) is 10.6. The first-order chi connectivity index (χ1) is 8.02. The molecule has 4 nitrogen and oxygen atoms in total. The monoisotopic (exact) mass is 359 g/mol. The smallest absolute Gasteiger partial charge is 0.197 e. The Morgan fingerprint density at radius 3 is 2.47 bits per heavy atom. The largest absolute Gasteiger partial charge is 0.445 e. The molecule has 17 heavy (non-hydrogen) atoms. The Kier molecular flexibility index (Phi) is 3.53. The van der Waals surface area contributed by atoms with Gasteiger partial charge in [0.25, 0.3) is 0 Å². The summed E-state index contributed by atoms with van der Waals surface area (Å²) in [6, 6.07) is 1.84. The number of hydrogen-bond acceptors (Lipinski definition) is 4. The Hall–Kier alpha value is -0.880. The second kappa shape index (κ2) is 4.78. The third-order valence-corrected chi connectivity index (χ3v) is 4.20. The van der Waals surface area contributed by atoms with Crippen molar-refractivity contribution < 1.29 is 4.42 Å². The Morgan fingerprint density at radius 1 is 1.24 bits per heavy atom. The van der Waals surface area contributed by atoms with Crippen LogP contribution in [0.5, 0.6) is 0 Å². The summed E-state index contributed by atoms with van der Waals surface area (Å²) in [6.07, 6.45) is 0. The molecule has 0 aliphatic carbocycles. The SMILES string of the molecule is CNc1nc(-c2cc(Br)c(Br)o2)nc(C)c1C. The lowest BCUT2D eigenvalue weighted by Gasteiger charge is -2.07. The molecule has 0 aliphatic heterocycles. The fourth-order valence-corrected chi connectivity index (χ4v) is 2.02. The maximum absolute atomic E-state index is 5.51. The summed E-state index contributed by atoms with van der Waals surface area (Å²) in [6.45, 7) is 3.94. The Labute approximate surface area is 116 Å². The maximum Gasteiger partial charge on any atom is 0.197 e. The van der Waals surface area contributed by atoms with Crippen LogP contribution in [0, 0.1) is 13.8 Å².